The quantitative estimate of drug-likeness (QED) is 0.785. The van der Waals surface area contributed by atoms with Crippen molar-refractivity contribution in [3.8, 4) is 5.75 Å². The van der Waals surface area contributed by atoms with Crippen molar-refractivity contribution in [2.24, 2.45) is 0 Å². The monoisotopic (exact) mass is 347 g/mol. The number of aromatic hydroxyl groups is 1. The van der Waals surface area contributed by atoms with Crippen LogP contribution < -0.4 is 5.32 Å². The Morgan fingerprint density at radius 1 is 1.00 bits per heavy atom. The van der Waals surface area contributed by atoms with E-state index in [0.717, 1.165) is 16.6 Å². The molecule has 0 heterocycles. The van der Waals surface area contributed by atoms with Crippen molar-refractivity contribution in [3.63, 3.8) is 0 Å². The third-order valence-electron chi connectivity index (χ3n) is 3.73. The largest absolute Gasteiger partial charge is 0.507 e. The molecule has 2 N–H and O–H groups in total. The van der Waals surface area contributed by atoms with Crippen molar-refractivity contribution in [2.75, 3.05) is 0 Å². The van der Waals surface area contributed by atoms with Gasteiger partial charge in [-0.15, -0.1) is 0 Å². The number of benzene rings is 2. The molecule has 2 aromatic carbocycles. The first kappa shape index (κ1) is 16.1. The summed E-state index contributed by atoms with van der Waals surface area (Å²) in [6.45, 7) is 7.35. The topological polar surface area (TPSA) is 32.3 Å². The molecular formula is C18H22BrNO. The Morgan fingerprint density at radius 3 is 2.19 bits per heavy atom. The number of nitrogens with one attached hydrogen (secondary N) is 1. The Morgan fingerprint density at radius 2 is 1.62 bits per heavy atom. The van der Waals surface area contributed by atoms with Gasteiger partial charge in [0.15, 0.2) is 0 Å². The molecule has 0 aliphatic heterocycles. The molecule has 0 saturated carbocycles. The Bertz CT molecular complexity index is 593. The molecule has 0 spiro atoms. The highest BCUT2D eigenvalue weighted by molar-refractivity contribution is 9.10. The van der Waals surface area contributed by atoms with Gasteiger partial charge in [0, 0.05) is 12.6 Å². The van der Waals surface area contributed by atoms with Crippen molar-refractivity contribution in [1.82, 2.24) is 5.32 Å². The van der Waals surface area contributed by atoms with E-state index in [1.54, 1.807) is 6.07 Å². The maximum absolute atomic E-state index is 9.50. The highest BCUT2D eigenvalue weighted by Gasteiger charge is 2.07. The van der Waals surface area contributed by atoms with Gasteiger partial charge < -0.3 is 10.4 Å². The fourth-order valence-corrected chi connectivity index (χ4v) is 2.64. The van der Waals surface area contributed by atoms with Gasteiger partial charge in [-0.25, -0.2) is 0 Å². The molecule has 0 aromatic heterocycles. The van der Waals surface area contributed by atoms with Gasteiger partial charge >= 0.3 is 0 Å². The Balaban J connectivity index is 1.97. The summed E-state index contributed by atoms with van der Waals surface area (Å²) in [4.78, 5) is 0. The van der Waals surface area contributed by atoms with E-state index in [-0.39, 0.29) is 5.75 Å². The van der Waals surface area contributed by atoms with E-state index in [1.165, 1.54) is 11.1 Å². The first-order chi connectivity index (χ1) is 9.97. The lowest BCUT2D eigenvalue weighted by atomic mass is 9.99. The van der Waals surface area contributed by atoms with E-state index in [1.807, 2.05) is 12.1 Å². The minimum Gasteiger partial charge on any atom is -0.507 e. The van der Waals surface area contributed by atoms with E-state index in [4.69, 9.17) is 0 Å². The standard InChI is InChI=1S/C18H22BrNO/c1-12(2)15-5-7-16(8-6-15)13(3)20-11-14-4-9-18(21)17(19)10-14/h4-10,12-13,20-21H,11H2,1-3H3. The van der Waals surface area contributed by atoms with Gasteiger partial charge in [0.05, 0.1) is 4.47 Å². The first-order valence-electron chi connectivity index (χ1n) is 7.28. The van der Waals surface area contributed by atoms with Crippen molar-refractivity contribution in [1.29, 1.82) is 0 Å². The van der Waals surface area contributed by atoms with Gasteiger partial charge in [0.1, 0.15) is 5.75 Å². The molecule has 2 nitrogen and oxygen atoms in total. The molecule has 0 radical (unpaired) electrons. The van der Waals surface area contributed by atoms with Crippen molar-refractivity contribution >= 4 is 15.9 Å². The number of hydrogen-bond acceptors (Lipinski definition) is 2. The summed E-state index contributed by atoms with van der Waals surface area (Å²) in [5.41, 5.74) is 3.80. The summed E-state index contributed by atoms with van der Waals surface area (Å²) in [6, 6.07) is 14.7. The molecule has 1 atom stereocenters. The number of phenolic OH excluding ortho intramolecular Hbond substituents is 1. The van der Waals surface area contributed by atoms with E-state index in [0.29, 0.717) is 12.0 Å². The molecule has 21 heavy (non-hydrogen) atoms. The summed E-state index contributed by atoms with van der Waals surface area (Å²) in [7, 11) is 0. The molecule has 0 saturated heterocycles. The highest BCUT2D eigenvalue weighted by atomic mass is 79.9. The lowest BCUT2D eigenvalue weighted by molar-refractivity contribution is 0.471. The lowest BCUT2D eigenvalue weighted by Crippen LogP contribution is -2.18. The molecule has 0 bridgehead atoms. The fourth-order valence-electron chi connectivity index (χ4n) is 2.22. The lowest BCUT2D eigenvalue weighted by Gasteiger charge is -2.16. The summed E-state index contributed by atoms with van der Waals surface area (Å²) < 4.78 is 0.732. The van der Waals surface area contributed by atoms with Crippen LogP contribution in [0.2, 0.25) is 0 Å². The van der Waals surface area contributed by atoms with Crippen molar-refractivity contribution in [2.45, 2.75) is 39.3 Å². The number of rotatable bonds is 5. The molecule has 1 unspecified atom stereocenters. The van der Waals surface area contributed by atoms with Crippen LogP contribution in [0.5, 0.6) is 5.75 Å². The maximum atomic E-state index is 9.50. The molecule has 0 fully saturated rings. The molecular weight excluding hydrogens is 326 g/mol. The van der Waals surface area contributed by atoms with Crippen LogP contribution in [0.3, 0.4) is 0 Å². The third kappa shape index (κ3) is 4.32. The van der Waals surface area contributed by atoms with Crippen LogP contribution in [-0.4, -0.2) is 5.11 Å². The van der Waals surface area contributed by atoms with Gasteiger partial charge in [-0.05, 0) is 57.6 Å². The van der Waals surface area contributed by atoms with Crippen LogP contribution in [0.1, 0.15) is 49.4 Å². The van der Waals surface area contributed by atoms with E-state index >= 15 is 0 Å². The average Bonchev–Trinajstić information content (AvgIpc) is 2.48. The maximum Gasteiger partial charge on any atom is 0.129 e. The smallest absolute Gasteiger partial charge is 0.129 e. The predicted molar refractivity (Wildman–Crippen MR) is 91.6 cm³/mol. The minimum atomic E-state index is 0.274. The molecule has 2 aromatic rings. The summed E-state index contributed by atoms with van der Waals surface area (Å²) in [5.74, 6) is 0.840. The second kappa shape index (κ2) is 7.10. The minimum absolute atomic E-state index is 0.274. The molecule has 3 heteroatoms. The summed E-state index contributed by atoms with van der Waals surface area (Å²) >= 11 is 3.34. The van der Waals surface area contributed by atoms with Gasteiger partial charge in [-0.2, -0.15) is 0 Å². The van der Waals surface area contributed by atoms with Crippen LogP contribution in [-0.2, 0) is 6.54 Å². The molecule has 112 valence electrons. The zero-order valence-corrected chi connectivity index (χ0v) is 14.3. The van der Waals surface area contributed by atoms with Gasteiger partial charge in [-0.3, -0.25) is 0 Å². The molecule has 0 aliphatic rings. The second-order valence-corrected chi connectivity index (χ2v) is 6.56. The first-order valence-corrected chi connectivity index (χ1v) is 8.07. The van der Waals surface area contributed by atoms with Crippen molar-refractivity contribution in [3.05, 3.63) is 63.6 Å². The molecule has 2 rings (SSSR count). The zero-order chi connectivity index (χ0) is 15.4. The van der Waals surface area contributed by atoms with Crippen LogP contribution >= 0.6 is 15.9 Å². The Kier molecular flexibility index (Phi) is 5.43. The number of hydrogen-bond donors (Lipinski definition) is 2. The van der Waals surface area contributed by atoms with E-state index in [2.05, 4.69) is 66.3 Å². The second-order valence-electron chi connectivity index (χ2n) is 5.71. The highest BCUT2D eigenvalue weighted by Crippen LogP contribution is 2.24. The number of halogens is 1. The molecule has 0 aliphatic carbocycles. The third-order valence-corrected chi connectivity index (χ3v) is 4.36. The van der Waals surface area contributed by atoms with E-state index in [9.17, 15) is 5.11 Å². The summed E-state index contributed by atoms with van der Waals surface area (Å²) in [5, 5.41) is 13.0. The number of phenols is 1. The van der Waals surface area contributed by atoms with Crippen LogP contribution in [0, 0.1) is 0 Å². The van der Waals surface area contributed by atoms with Crippen LogP contribution in [0.15, 0.2) is 46.9 Å². The summed E-state index contributed by atoms with van der Waals surface area (Å²) in [6.07, 6.45) is 0. The van der Waals surface area contributed by atoms with Crippen LogP contribution in [0.25, 0.3) is 0 Å². The van der Waals surface area contributed by atoms with Gasteiger partial charge in [0.25, 0.3) is 0 Å². The molecule has 0 amide bonds. The zero-order valence-electron chi connectivity index (χ0n) is 12.7. The average molecular weight is 348 g/mol. The van der Waals surface area contributed by atoms with Gasteiger partial charge in [0.2, 0.25) is 0 Å². The Labute approximate surface area is 135 Å². The van der Waals surface area contributed by atoms with Crippen molar-refractivity contribution < 1.29 is 5.11 Å². The van der Waals surface area contributed by atoms with Gasteiger partial charge in [-0.1, -0.05) is 44.2 Å². The predicted octanol–water partition coefficient (Wildman–Crippen LogP) is 5.13. The SMILES string of the molecule is CC(C)c1ccc(C(C)NCc2ccc(O)c(Br)c2)cc1. The Hall–Kier alpha value is -1.32. The fraction of sp³-hybridized carbons (Fsp3) is 0.333. The van der Waals surface area contributed by atoms with Crippen LogP contribution in [0.4, 0.5) is 0 Å². The normalized spacial score (nSPS) is 12.6. The van der Waals surface area contributed by atoms with E-state index < -0.39 is 0 Å².